The van der Waals surface area contributed by atoms with Crippen LogP contribution in [-0.2, 0) is 11.3 Å². The molecule has 0 saturated heterocycles. The minimum Gasteiger partial charge on any atom is -0.489 e. The fourth-order valence-electron chi connectivity index (χ4n) is 2.82. The van der Waals surface area contributed by atoms with Crippen LogP contribution >= 0.6 is 0 Å². The molecule has 0 bridgehead atoms. The van der Waals surface area contributed by atoms with Gasteiger partial charge in [-0.25, -0.2) is 4.79 Å². The molecule has 0 unspecified atom stereocenters. The normalized spacial score (nSPS) is 11.7. The molecule has 3 aromatic rings. The Balaban J connectivity index is 1.34. The van der Waals surface area contributed by atoms with Crippen LogP contribution < -0.4 is 14.2 Å². The summed E-state index contributed by atoms with van der Waals surface area (Å²) in [6.07, 6.45) is 0. The summed E-state index contributed by atoms with van der Waals surface area (Å²) in [5.41, 5.74) is 1.73. The molecule has 0 amide bonds. The number of ketones is 1. The molecular formula is C23H18O6. The van der Waals surface area contributed by atoms with Crippen molar-refractivity contribution in [2.45, 2.75) is 6.61 Å². The molecule has 0 aromatic heterocycles. The van der Waals surface area contributed by atoms with Crippen molar-refractivity contribution < 1.29 is 28.5 Å². The number of ether oxygens (including phenoxy) is 4. The second-order valence-electron chi connectivity index (χ2n) is 6.37. The molecule has 3 aromatic carbocycles. The SMILES string of the molecule is O=C(COC(=O)c1cccc(OCc2ccccc2)c1)c1ccc2c(c1)OCO2. The first-order chi connectivity index (χ1) is 14.2. The van der Waals surface area contributed by atoms with Gasteiger partial charge in [0, 0.05) is 5.56 Å². The quantitative estimate of drug-likeness (QED) is 0.448. The molecule has 6 nitrogen and oxygen atoms in total. The van der Waals surface area contributed by atoms with E-state index >= 15 is 0 Å². The molecule has 0 spiro atoms. The van der Waals surface area contributed by atoms with Gasteiger partial charge in [-0.15, -0.1) is 0 Å². The van der Waals surface area contributed by atoms with Crippen molar-refractivity contribution in [3.63, 3.8) is 0 Å². The summed E-state index contributed by atoms with van der Waals surface area (Å²) in [6, 6.07) is 21.2. The van der Waals surface area contributed by atoms with Crippen molar-refractivity contribution in [3.8, 4) is 17.2 Å². The number of hydrogen-bond donors (Lipinski definition) is 0. The zero-order valence-corrected chi connectivity index (χ0v) is 15.5. The average molecular weight is 390 g/mol. The molecule has 0 saturated carbocycles. The van der Waals surface area contributed by atoms with Gasteiger partial charge >= 0.3 is 5.97 Å². The Bertz CT molecular complexity index is 1030. The van der Waals surface area contributed by atoms with Gasteiger partial charge in [-0.2, -0.15) is 0 Å². The van der Waals surface area contributed by atoms with Gasteiger partial charge in [-0.05, 0) is 42.0 Å². The van der Waals surface area contributed by atoms with Crippen molar-refractivity contribution >= 4 is 11.8 Å². The van der Waals surface area contributed by atoms with Crippen molar-refractivity contribution in [3.05, 3.63) is 89.5 Å². The lowest BCUT2D eigenvalue weighted by Crippen LogP contribution is -2.14. The van der Waals surface area contributed by atoms with Crippen LogP contribution in [0.25, 0.3) is 0 Å². The number of esters is 1. The number of rotatable bonds is 7. The maximum Gasteiger partial charge on any atom is 0.338 e. The Morgan fingerprint density at radius 2 is 1.66 bits per heavy atom. The molecule has 1 aliphatic rings. The van der Waals surface area contributed by atoms with Gasteiger partial charge < -0.3 is 18.9 Å². The summed E-state index contributed by atoms with van der Waals surface area (Å²) in [7, 11) is 0. The van der Waals surface area contributed by atoms with E-state index in [1.54, 1.807) is 42.5 Å². The summed E-state index contributed by atoms with van der Waals surface area (Å²) < 4.78 is 21.4. The Morgan fingerprint density at radius 1 is 0.828 bits per heavy atom. The summed E-state index contributed by atoms with van der Waals surface area (Å²) in [5.74, 6) is 0.721. The molecule has 1 heterocycles. The molecule has 0 fully saturated rings. The Kier molecular flexibility index (Phi) is 5.42. The van der Waals surface area contributed by atoms with Crippen molar-refractivity contribution in [2.75, 3.05) is 13.4 Å². The summed E-state index contributed by atoms with van der Waals surface area (Å²) in [4.78, 5) is 24.6. The number of Topliss-reactive ketones (excluding diaryl/α,β-unsaturated/α-hetero) is 1. The number of carbonyl (C=O) groups excluding carboxylic acids is 2. The van der Waals surface area contributed by atoms with Crippen LogP contribution in [0.4, 0.5) is 0 Å². The van der Waals surface area contributed by atoms with Crippen LogP contribution in [0.5, 0.6) is 17.2 Å². The van der Waals surface area contributed by atoms with E-state index in [1.165, 1.54) is 0 Å². The van der Waals surface area contributed by atoms with Gasteiger partial charge in [0.05, 0.1) is 5.56 Å². The maximum absolute atomic E-state index is 12.3. The average Bonchev–Trinajstić information content (AvgIpc) is 3.24. The minimum atomic E-state index is -0.593. The van der Waals surface area contributed by atoms with E-state index in [2.05, 4.69) is 0 Å². The first kappa shape index (κ1) is 18.6. The molecule has 0 radical (unpaired) electrons. The van der Waals surface area contributed by atoms with Gasteiger partial charge in [0.15, 0.2) is 23.9 Å². The molecule has 6 heteroatoms. The topological polar surface area (TPSA) is 71.1 Å². The summed E-state index contributed by atoms with van der Waals surface area (Å²) in [6.45, 7) is 0.153. The fourth-order valence-corrected chi connectivity index (χ4v) is 2.82. The maximum atomic E-state index is 12.3. The Labute approximate surface area is 167 Å². The lowest BCUT2D eigenvalue weighted by atomic mass is 10.1. The van der Waals surface area contributed by atoms with Gasteiger partial charge in [-0.1, -0.05) is 36.4 Å². The lowest BCUT2D eigenvalue weighted by Gasteiger charge is -2.09. The van der Waals surface area contributed by atoms with Gasteiger partial charge in [0.1, 0.15) is 12.4 Å². The predicted molar refractivity (Wildman–Crippen MR) is 104 cm³/mol. The third kappa shape index (κ3) is 4.55. The smallest absolute Gasteiger partial charge is 0.338 e. The minimum absolute atomic E-state index is 0.130. The van der Waals surface area contributed by atoms with Gasteiger partial charge in [0.25, 0.3) is 0 Å². The van der Waals surface area contributed by atoms with E-state index in [4.69, 9.17) is 18.9 Å². The molecule has 0 N–H and O–H groups in total. The highest BCUT2D eigenvalue weighted by Crippen LogP contribution is 2.32. The van der Waals surface area contributed by atoms with Crippen LogP contribution in [0, 0.1) is 0 Å². The second-order valence-corrected chi connectivity index (χ2v) is 6.37. The van der Waals surface area contributed by atoms with Crippen LogP contribution in [0.3, 0.4) is 0 Å². The van der Waals surface area contributed by atoms with Crippen molar-refractivity contribution in [2.24, 2.45) is 0 Å². The molecular weight excluding hydrogens is 372 g/mol. The first-order valence-corrected chi connectivity index (χ1v) is 9.06. The Hall–Kier alpha value is -3.80. The molecule has 29 heavy (non-hydrogen) atoms. The third-order valence-corrected chi connectivity index (χ3v) is 4.35. The predicted octanol–water partition coefficient (Wildman–Crippen LogP) is 4.03. The fraction of sp³-hybridized carbons (Fsp3) is 0.130. The Morgan fingerprint density at radius 3 is 2.52 bits per heavy atom. The highest BCUT2D eigenvalue weighted by atomic mass is 16.7. The second kappa shape index (κ2) is 8.48. The number of hydrogen-bond acceptors (Lipinski definition) is 6. The lowest BCUT2D eigenvalue weighted by molar-refractivity contribution is 0.0474. The van der Waals surface area contributed by atoms with Crippen LogP contribution in [0.1, 0.15) is 26.3 Å². The van der Waals surface area contributed by atoms with E-state index in [1.807, 2.05) is 30.3 Å². The zero-order chi connectivity index (χ0) is 20.1. The standard InChI is InChI=1S/C23H18O6/c24-20(17-9-10-21-22(12-17)29-15-28-21)14-27-23(25)18-7-4-8-19(11-18)26-13-16-5-2-1-3-6-16/h1-12H,13-15H2. The van der Waals surface area contributed by atoms with Gasteiger partial charge in [-0.3, -0.25) is 4.79 Å². The number of benzene rings is 3. The number of carbonyl (C=O) groups is 2. The van der Waals surface area contributed by atoms with E-state index < -0.39 is 5.97 Å². The third-order valence-electron chi connectivity index (χ3n) is 4.35. The summed E-state index contributed by atoms with van der Waals surface area (Å²) in [5, 5.41) is 0. The van der Waals surface area contributed by atoms with Gasteiger partial charge in [0.2, 0.25) is 6.79 Å². The molecule has 146 valence electrons. The first-order valence-electron chi connectivity index (χ1n) is 9.06. The van der Waals surface area contributed by atoms with E-state index in [-0.39, 0.29) is 19.2 Å². The van der Waals surface area contributed by atoms with Crippen molar-refractivity contribution in [1.82, 2.24) is 0 Å². The van der Waals surface area contributed by atoms with E-state index in [9.17, 15) is 9.59 Å². The van der Waals surface area contributed by atoms with E-state index in [0.29, 0.717) is 35.0 Å². The molecule has 4 rings (SSSR count). The molecule has 0 atom stereocenters. The van der Waals surface area contributed by atoms with E-state index in [0.717, 1.165) is 5.56 Å². The number of fused-ring (bicyclic) bond motifs is 1. The van der Waals surface area contributed by atoms with Crippen LogP contribution in [0.2, 0.25) is 0 Å². The van der Waals surface area contributed by atoms with Crippen LogP contribution in [0.15, 0.2) is 72.8 Å². The monoisotopic (exact) mass is 390 g/mol. The highest BCUT2D eigenvalue weighted by Gasteiger charge is 2.18. The summed E-state index contributed by atoms with van der Waals surface area (Å²) >= 11 is 0. The van der Waals surface area contributed by atoms with Crippen LogP contribution in [-0.4, -0.2) is 25.2 Å². The largest absolute Gasteiger partial charge is 0.489 e. The molecule has 0 aliphatic carbocycles. The molecule has 1 aliphatic heterocycles. The zero-order valence-electron chi connectivity index (χ0n) is 15.5. The van der Waals surface area contributed by atoms with Crippen molar-refractivity contribution in [1.29, 1.82) is 0 Å². The highest BCUT2D eigenvalue weighted by molar-refractivity contribution is 5.99.